The second kappa shape index (κ2) is 3.91. The fourth-order valence-electron chi connectivity index (χ4n) is 1.82. The van der Waals surface area contributed by atoms with Crippen LogP contribution in [0.15, 0.2) is 63.8 Å². The molecular weight excluding hydrogens is 212 g/mol. The second-order valence-corrected chi connectivity index (χ2v) is 3.78. The lowest BCUT2D eigenvalue weighted by Gasteiger charge is -2.01. The van der Waals surface area contributed by atoms with Gasteiger partial charge in [0.15, 0.2) is 0 Å². The van der Waals surface area contributed by atoms with Crippen LogP contribution in [0, 0.1) is 6.07 Å². The monoisotopic (exact) mass is 221 g/mol. The van der Waals surface area contributed by atoms with Crippen molar-refractivity contribution in [2.75, 3.05) is 0 Å². The molecule has 1 heterocycles. The quantitative estimate of drug-likeness (QED) is 0.590. The van der Waals surface area contributed by atoms with E-state index in [2.05, 4.69) is 6.07 Å². The van der Waals surface area contributed by atoms with Crippen LogP contribution in [0.4, 0.5) is 0 Å². The SMILES string of the molecule is O=c1oc2c[c]ccc2cc1-c1ccccc1. The lowest BCUT2D eigenvalue weighted by molar-refractivity contribution is 0.563. The Bertz CT molecular complexity index is 712. The van der Waals surface area contributed by atoms with Gasteiger partial charge < -0.3 is 4.42 Å². The lowest BCUT2D eigenvalue weighted by atomic mass is 10.1. The third-order valence-corrected chi connectivity index (χ3v) is 2.67. The van der Waals surface area contributed by atoms with Crippen molar-refractivity contribution >= 4 is 11.0 Å². The van der Waals surface area contributed by atoms with E-state index in [9.17, 15) is 4.79 Å². The standard InChI is InChI=1S/C15H9O2/c16-15-13(11-6-2-1-3-7-11)10-12-8-4-5-9-14(12)17-15/h1-4,6-10H. The highest BCUT2D eigenvalue weighted by atomic mass is 16.4. The van der Waals surface area contributed by atoms with Crippen LogP contribution in [-0.2, 0) is 0 Å². The Morgan fingerprint density at radius 2 is 1.88 bits per heavy atom. The highest BCUT2D eigenvalue weighted by Gasteiger charge is 2.06. The van der Waals surface area contributed by atoms with Crippen LogP contribution in [0.2, 0.25) is 0 Å². The summed E-state index contributed by atoms with van der Waals surface area (Å²) in [6, 6.07) is 19.6. The maximum absolute atomic E-state index is 11.9. The van der Waals surface area contributed by atoms with E-state index in [1.807, 2.05) is 42.5 Å². The van der Waals surface area contributed by atoms with Gasteiger partial charge in [-0.05, 0) is 23.8 Å². The second-order valence-electron chi connectivity index (χ2n) is 3.78. The van der Waals surface area contributed by atoms with E-state index in [1.165, 1.54) is 0 Å². The van der Waals surface area contributed by atoms with Crippen molar-refractivity contribution in [1.82, 2.24) is 0 Å². The van der Waals surface area contributed by atoms with Gasteiger partial charge in [-0.2, -0.15) is 0 Å². The van der Waals surface area contributed by atoms with E-state index in [0.717, 1.165) is 10.9 Å². The first-order chi connectivity index (χ1) is 8.34. The molecule has 81 valence electrons. The molecule has 0 spiro atoms. The maximum Gasteiger partial charge on any atom is 0.344 e. The van der Waals surface area contributed by atoms with Gasteiger partial charge >= 0.3 is 5.63 Å². The predicted molar refractivity (Wildman–Crippen MR) is 66.8 cm³/mol. The van der Waals surface area contributed by atoms with Gasteiger partial charge in [0.1, 0.15) is 5.58 Å². The van der Waals surface area contributed by atoms with Crippen molar-refractivity contribution in [3.8, 4) is 11.1 Å². The van der Waals surface area contributed by atoms with Crippen LogP contribution in [0.1, 0.15) is 0 Å². The van der Waals surface area contributed by atoms with Crippen LogP contribution >= 0.6 is 0 Å². The molecule has 0 aliphatic carbocycles. The molecule has 0 saturated carbocycles. The molecular formula is C15H9O2. The molecule has 3 rings (SSSR count). The third-order valence-electron chi connectivity index (χ3n) is 2.67. The van der Waals surface area contributed by atoms with Crippen LogP contribution in [0.3, 0.4) is 0 Å². The lowest BCUT2D eigenvalue weighted by Crippen LogP contribution is -2.02. The molecule has 0 aliphatic heterocycles. The highest BCUT2D eigenvalue weighted by molar-refractivity contribution is 5.81. The summed E-state index contributed by atoms with van der Waals surface area (Å²) in [4.78, 5) is 11.9. The highest BCUT2D eigenvalue weighted by Crippen LogP contribution is 2.20. The van der Waals surface area contributed by atoms with E-state index in [1.54, 1.807) is 12.1 Å². The van der Waals surface area contributed by atoms with Crippen LogP contribution in [0.5, 0.6) is 0 Å². The Balaban J connectivity index is 2.31. The van der Waals surface area contributed by atoms with E-state index < -0.39 is 0 Å². The minimum Gasteiger partial charge on any atom is -0.422 e. The first-order valence-electron chi connectivity index (χ1n) is 5.34. The van der Waals surface area contributed by atoms with Crippen molar-refractivity contribution in [1.29, 1.82) is 0 Å². The number of benzene rings is 2. The fraction of sp³-hybridized carbons (Fsp3) is 0. The van der Waals surface area contributed by atoms with E-state index in [4.69, 9.17) is 4.42 Å². The average molecular weight is 221 g/mol. The third kappa shape index (κ3) is 1.74. The molecule has 0 bridgehead atoms. The van der Waals surface area contributed by atoms with E-state index in [-0.39, 0.29) is 5.63 Å². The molecule has 2 aromatic carbocycles. The number of hydrogen-bond acceptors (Lipinski definition) is 2. The van der Waals surface area contributed by atoms with Gasteiger partial charge in [0.05, 0.1) is 5.56 Å². The molecule has 0 unspecified atom stereocenters. The molecule has 17 heavy (non-hydrogen) atoms. The van der Waals surface area contributed by atoms with Crippen molar-refractivity contribution in [3.63, 3.8) is 0 Å². The molecule has 0 saturated heterocycles. The Labute approximate surface area is 98.1 Å². The molecule has 1 aromatic heterocycles. The summed E-state index contributed by atoms with van der Waals surface area (Å²) in [6.45, 7) is 0. The molecule has 3 aromatic rings. The molecule has 2 heteroatoms. The summed E-state index contributed by atoms with van der Waals surface area (Å²) < 4.78 is 5.26. The summed E-state index contributed by atoms with van der Waals surface area (Å²) in [5, 5.41) is 0.905. The predicted octanol–water partition coefficient (Wildman–Crippen LogP) is 3.26. The zero-order chi connectivity index (χ0) is 11.7. The summed E-state index contributed by atoms with van der Waals surface area (Å²) in [5.74, 6) is 0. The van der Waals surface area contributed by atoms with E-state index >= 15 is 0 Å². The zero-order valence-electron chi connectivity index (χ0n) is 9.01. The minimum atomic E-state index is -0.316. The van der Waals surface area contributed by atoms with Crippen molar-refractivity contribution in [3.05, 3.63) is 71.1 Å². The average Bonchev–Trinajstić information content (AvgIpc) is 2.39. The van der Waals surface area contributed by atoms with Crippen molar-refractivity contribution < 1.29 is 4.42 Å². The molecule has 0 N–H and O–H groups in total. The summed E-state index contributed by atoms with van der Waals surface area (Å²) in [5.41, 5.74) is 1.71. The smallest absolute Gasteiger partial charge is 0.344 e. The van der Waals surface area contributed by atoms with Gasteiger partial charge in [-0.3, -0.25) is 0 Å². The van der Waals surface area contributed by atoms with Gasteiger partial charge in [-0.1, -0.05) is 42.5 Å². The molecule has 1 radical (unpaired) electrons. The first kappa shape index (κ1) is 9.85. The van der Waals surface area contributed by atoms with Crippen LogP contribution in [-0.4, -0.2) is 0 Å². The van der Waals surface area contributed by atoms with Gasteiger partial charge in [0.25, 0.3) is 0 Å². The number of hydrogen-bond donors (Lipinski definition) is 0. The zero-order valence-corrected chi connectivity index (χ0v) is 9.01. The Morgan fingerprint density at radius 1 is 1.06 bits per heavy atom. The Kier molecular flexibility index (Phi) is 2.26. The van der Waals surface area contributed by atoms with Gasteiger partial charge in [-0.25, -0.2) is 4.79 Å². The Hall–Kier alpha value is -2.35. The summed E-state index contributed by atoms with van der Waals surface area (Å²) in [6.07, 6.45) is 0. The van der Waals surface area contributed by atoms with E-state index in [0.29, 0.717) is 11.1 Å². The fourth-order valence-corrected chi connectivity index (χ4v) is 1.82. The van der Waals surface area contributed by atoms with Crippen molar-refractivity contribution in [2.45, 2.75) is 0 Å². The first-order valence-corrected chi connectivity index (χ1v) is 5.34. The summed E-state index contributed by atoms with van der Waals surface area (Å²) in [7, 11) is 0. The topological polar surface area (TPSA) is 30.2 Å². The molecule has 0 fully saturated rings. The molecule has 0 amide bonds. The maximum atomic E-state index is 11.9. The molecule has 0 aliphatic rings. The summed E-state index contributed by atoms with van der Waals surface area (Å²) >= 11 is 0. The number of rotatable bonds is 1. The van der Waals surface area contributed by atoms with Gasteiger partial charge in [-0.15, -0.1) is 0 Å². The number of fused-ring (bicyclic) bond motifs is 1. The molecule has 0 atom stereocenters. The Morgan fingerprint density at radius 3 is 2.71 bits per heavy atom. The van der Waals surface area contributed by atoms with Gasteiger partial charge in [0.2, 0.25) is 0 Å². The van der Waals surface area contributed by atoms with Crippen LogP contribution < -0.4 is 5.63 Å². The van der Waals surface area contributed by atoms with Gasteiger partial charge in [0, 0.05) is 5.39 Å². The van der Waals surface area contributed by atoms with Crippen LogP contribution in [0.25, 0.3) is 22.1 Å². The minimum absolute atomic E-state index is 0.316. The molecule has 2 nitrogen and oxygen atoms in total. The largest absolute Gasteiger partial charge is 0.422 e. The normalized spacial score (nSPS) is 10.6. The van der Waals surface area contributed by atoms with Crippen molar-refractivity contribution in [2.24, 2.45) is 0 Å².